The molecule has 4 heteroatoms. The average molecular weight is 340 g/mol. The number of piperidine rings is 1. The second-order valence-corrected chi connectivity index (χ2v) is 6.77. The summed E-state index contributed by atoms with van der Waals surface area (Å²) < 4.78 is 1.05. The van der Waals surface area contributed by atoms with Crippen LogP contribution in [0.15, 0.2) is 28.7 Å². The molecule has 1 saturated heterocycles. The number of hydrogen-bond acceptors (Lipinski definition) is 1. The predicted molar refractivity (Wildman–Crippen MR) is 84.7 cm³/mol. The Labute approximate surface area is 129 Å². The maximum Gasteiger partial charge on any atom is 0.275 e. The second-order valence-electron chi connectivity index (χ2n) is 5.92. The van der Waals surface area contributed by atoms with Crippen LogP contribution >= 0.6 is 15.9 Å². The van der Waals surface area contributed by atoms with Crippen LogP contribution in [0.25, 0.3) is 0 Å². The maximum absolute atomic E-state index is 12.1. The van der Waals surface area contributed by atoms with Crippen molar-refractivity contribution in [3.63, 3.8) is 0 Å². The second kappa shape index (κ2) is 7.23. The van der Waals surface area contributed by atoms with Crippen molar-refractivity contribution in [3.05, 3.63) is 34.3 Å². The van der Waals surface area contributed by atoms with E-state index in [1.54, 1.807) is 0 Å². The normalized spacial score (nSPS) is 24.1. The van der Waals surface area contributed by atoms with Crippen LogP contribution in [-0.2, 0) is 4.79 Å². The van der Waals surface area contributed by atoms with Gasteiger partial charge in [0.05, 0.1) is 19.1 Å². The third-order valence-corrected chi connectivity index (χ3v) is 4.86. The van der Waals surface area contributed by atoms with Crippen LogP contribution in [0, 0.1) is 5.92 Å². The van der Waals surface area contributed by atoms with Gasteiger partial charge in [-0.05, 0) is 37.3 Å². The van der Waals surface area contributed by atoms with Gasteiger partial charge in [-0.1, -0.05) is 41.1 Å². The third-order valence-electron chi connectivity index (χ3n) is 4.14. The number of quaternary nitrogens is 1. The first kappa shape index (κ1) is 15.5. The highest BCUT2D eigenvalue weighted by atomic mass is 79.9. The molecule has 0 aliphatic carbocycles. The molecule has 1 aliphatic rings. The molecule has 1 aliphatic heterocycles. The van der Waals surface area contributed by atoms with Gasteiger partial charge in [-0.2, -0.15) is 0 Å². The van der Waals surface area contributed by atoms with Crippen molar-refractivity contribution in [1.29, 1.82) is 0 Å². The summed E-state index contributed by atoms with van der Waals surface area (Å²) in [5.41, 5.74) is 1.13. The van der Waals surface area contributed by atoms with E-state index in [4.69, 9.17) is 0 Å². The highest BCUT2D eigenvalue weighted by Gasteiger charge is 2.22. The zero-order chi connectivity index (χ0) is 14.5. The first-order chi connectivity index (χ1) is 9.56. The molecule has 20 heavy (non-hydrogen) atoms. The fourth-order valence-corrected chi connectivity index (χ4v) is 3.40. The van der Waals surface area contributed by atoms with Crippen LogP contribution in [0.1, 0.15) is 38.3 Å². The molecule has 1 aromatic carbocycles. The van der Waals surface area contributed by atoms with Gasteiger partial charge in [-0.3, -0.25) is 4.79 Å². The number of carbonyl (C=O) groups excluding carboxylic acids is 1. The number of benzene rings is 1. The average Bonchev–Trinajstić information content (AvgIpc) is 2.41. The van der Waals surface area contributed by atoms with Gasteiger partial charge in [0, 0.05) is 4.47 Å². The van der Waals surface area contributed by atoms with Gasteiger partial charge in [0.25, 0.3) is 5.91 Å². The van der Waals surface area contributed by atoms with E-state index in [9.17, 15) is 4.79 Å². The van der Waals surface area contributed by atoms with E-state index in [-0.39, 0.29) is 11.9 Å². The van der Waals surface area contributed by atoms with Crippen molar-refractivity contribution in [1.82, 2.24) is 5.32 Å². The molecule has 1 fully saturated rings. The monoisotopic (exact) mass is 339 g/mol. The minimum atomic E-state index is 0.0428. The zero-order valence-corrected chi connectivity index (χ0v) is 13.9. The van der Waals surface area contributed by atoms with Crippen LogP contribution in [-0.4, -0.2) is 25.5 Å². The molecule has 3 nitrogen and oxygen atoms in total. The Morgan fingerprint density at radius 3 is 2.70 bits per heavy atom. The van der Waals surface area contributed by atoms with Gasteiger partial charge in [0.2, 0.25) is 0 Å². The van der Waals surface area contributed by atoms with Crippen molar-refractivity contribution in [2.75, 3.05) is 19.6 Å². The molecule has 0 bridgehead atoms. The molecule has 0 spiro atoms. The Hall–Kier alpha value is -0.870. The first-order valence-corrected chi connectivity index (χ1v) is 8.23. The summed E-state index contributed by atoms with van der Waals surface area (Å²) in [6, 6.07) is 8.09. The Kier molecular flexibility index (Phi) is 5.61. The SMILES string of the molecule is CC1CC[NH+](CC(=O)N[C@@H](C)c2ccccc2Br)CC1. The lowest BCUT2D eigenvalue weighted by molar-refractivity contribution is -0.898. The molecule has 1 atom stereocenters. The van der Waals surface area contributed by atoms with E-state index in [0.29, 0.717) is 6.54 Å². The fourth-order valence-electron chi connectivity index (χ4n) is 2.77. The molecule has 1 aromatic rings. The van der Waals surface area contributed by atoms with Gasteiger partial charge >= 0.3 is 0 Å². The van der Waals surface area contributed by atoms with Gasteiger partial charge in [-0.25, -0.2) is 0 Å². The largest absolute Gasteiger partial charge is 0.345 e. The number of likely N-dealkylation sites (tertiary alicyclic amines) is 1. The van der Waals surface area contributed by atoms with E-state index in [2.05, 4.69) is 28.2 Å². The van der Waals surface area contributed by atoms with Crippen LogP contribution in [0.2, 0.25) is 0 Å². The highest BCUT2D eigenvalue weighted by molar-refractivity contribution is 9.10. The molecule has 110 valence electrons. The van der Waals surface area contributed by atoms with Crippen LogP contribution in [0.3, 0.4) is 0 Å². The summed E-state index contributed by atoms with van der Waals surface area (Å²) in [5, 5.41) is 3.11. The smallest absolute Gasteiger partial charge is 0.275 e. The topological polar surface area (TPSA) is 33.5 Å². The van der Waals surface area contributed by atoms with Crippen molar-refractivity contribution < 1.29 is 9.69 Å². The molecule has 0 radical (unpaired) electrons. The van der Waals surface area contributed by atoms with Gasteiger partial charge in [-0.15, -0.1) is 0 Å². The summed E-state index contributed by atoms with van der Waals surface area (Å²) in [6.07, 6.45) is 2.48. The van der Waals surface area contributed by atoms with E-state index in [1.807, 2.05) is 31.2 Å². The zero-order valence-electron chi connectivity index (χ0n) is 12.3. The standard InChI is InChI=1S/C16H23BrN2O/c1-12-7-9-19(10-8-12)11-16(20)18-13(2)14-5-3-4-6-15(14)17/h3-6,12-13H,7-11H2,1-2H3,(H,18,20)/p+1/t13-/m0/s1. The van der Waals surface area contributed by atoms with Crippen molar-refractivity contribution in [2.24, 2.45) is 5.92 Å². The molecule has 1 heterocycles. The van der Waals surface area contributed by atoms with E-state index in [0.717, 1.165) is 29.0 Å². The van der Waals surface area contributed by atoms with Crippen LogP contribution < -0.4 is 10.2 Å². The summed E-state index contributed by atoms with van der Waals surface area (Å²) >= 11 is 3.54. The Bertz CT molecular complexity index is 456. The lowest BCUT2D eigenvalue weighted by atomic mass is 9.99. The first-order valence-electron chi connectivity index (χ1n) is 7.43. The number of rotatable bonds is 4. The molecule has 0 aromatic heterocycles. The molecule has 1 amide bonds. The van der Waals surface area contributed by atoms with E-state index >= 15 is 0 Å². The minimum Gasteiger partial charge on any atom is -0.345 e. The van der Waals surface area contributed by atoms with Crippen LogP contribution in [0.5, 0.6) is 0 Å². The maximum atomic E-state index is 12.1. The minimum absolute atomic E-state index is 0.0428. The summed E-state index contributed by atoms with van der Waals surface area (Å²) in [6.45, 7) is 7.18. The number of amides is 1. The molecule has 0 unspecified atom stereocenters. The number of carbonyl (C=O) groups is 1. The Morgan fingerprint density at radius 2 is 2.05 bits per heavy atom. The lowest BCUT2D eigenvalue weighted by Crippen LogP contribution is -3.14. The predicted octanol–water partition coefficient (Wildman–Crippen LogP) is 1.94. The van der Waals surface area contributed by atoms with Gasteiger partial charge in [0.15, 0.2) is 6.54 Å². The van der Waals surface area contributed by atoms with Crippen molar-refractivity contribution in [3.8, 4) is 0 Å². The number of halogens is 1. The summed E-state index contributed by atoms with van der Waals surface area (Å²) in [5.74, 6) is 0.971. The molecule has 0 saturated carbocycles. The Morgan fingerprint density at radius 1 is 1.40 bits per heavy atom. The van der Waals surface area contributed by atoms with Crippen LogP contribution in [0.4, 0.5) is 0 Å². The molecular formula is C16H24BrN2O+. The highest BCUT2D eigenvalue weighted by Crippen LogP contribution is 2.22. The summed E-state index contributed by atoms with van der Waals surface area (Å²) in [4.78, 5) is 13.6. The van der Waals surface area contributed by atoms with E-state index in [1.165, 1.54) is 17.7 Å². The molecule has 2 rings (SSSR count). The number of hydrogen-bond donors (Lipinski definition) is 2. The number of nitrogens with one attached hydrogen (secondary N) is 2. The van der Waals surface area contributed by atoms with Gasteiger partial charge < -0.3 is 10.2 Å². The van der Waals surface area contributed by atoms with E-state index < -0.39 is 0 Å². The molecule has 2 N–H and O–H groups in total. The van der Waals surface area contributed by atoms with Crippen molar-refractivity contribution >= 4 is 21.8 Å². The fraction of sp³-hybridized carbons (Fsp3) is 0.562. The quantitative estimate of drug-likeness (QED) is 0.863. The van der Waals surface area contributed by atoms with Gasteiger partial charge in [0.1, 0.15) is 0 Å². The molecular weight excluding hydrogens is 316 g/mol. The Balaban J connectivity index is 1.84. The third kappa shape index (κ3) is 4.32. The summed E-state index contributed by atoms with van der Waals surface area (Å²) in [7, 11) is 0. The van der Waals surface area contributed by atoms with Crippen molar-refractivity contribution in [2.45, 2.75) is 32.7 Å². The lowest BCUT2D eigenvalue weighted by Gasteiger charge is -2.27.